The van der Waals surface area contributed by atoms with Crippen LogP contribution in [0.25, 0.3) is 0 Å². The number of halogens is 2. The molecule has 96 valence electrons. The van der Waals surface area contributed by atoms with E-state index in [1.807, 2.05) is 13.0 Å². The van der Waals surface area contributed by atoms with Crippen molar-refractivity contribution in [1.82, 2.24) is 15.3 Å². The summed E-state index contributed by atoms with van der Waals surface area (Å²) >= 11 is 5.80. The molecular weight excluding hydrogens is 259 g/mol. The van der Waals surface area contributed by atoms with Crippen LogP contribution in [0, 0.1) is 12.8 Å². The average molecular weight is 277 g/mol. The number of anilines is 1. The summed E-state index contributed by atoms with van der Waals surface area (Å²) in [5, 5.41) is 7.00. The summed E-state index contributed by atoms with van der Waals surface area (Å²) in [6.45, 7) is 5.13. The van der Waals surface area contributed by atoms with Crippen molar-refractivity contribution >= 4 is 29.8 Å². The average Bonchev–Trinajstić information content (AvgIpc) is 2.27. The molecule has 2 rings (SSSR count). The lowest BCUT2D eigenvalue weighted by Crippen LogP contribution is -2.31. The summed E-state index contributed by atoms with van der Waals surface area (Å²) in [6, 6.07) is 1.92. The first kappa shape index (κ1) is 14.5. The minimum Gasteiger partial charge on any atom is -0.370 e. The van der Waals surface area contributed by atoms with E-state index in [0.717, 1.165) is 37.1 Å². The van der Waals surface area contributed by atoms with Crippen LogP contribution in [0.1, 0.15) is 18.5 Å². The maximum absolute atomic E-state index is 5.80. The van der Waals surface area contributed by atoms with E-state index in [0.29, 0.717) is 5.28 Å². The van der Waals surface area contributed by atoms with Crippen molar-refractivity contribution in [2.24, 2.45) is 5.92 Å². The highest BCUT2D eigenvalue weighted by Crippen LogP contribution is 2.14. The first-order chi connectivity index (χ1) is 7.74. The van der Waals surface area contributed by atoms with Gasteiger partial charge in [0, 0.05) is 18.3 Å². The minimum absolute atomic E-state index is 0. The van der Waals surface area contributed by atoms with Gasteiger partial charge in [0.25, 0.3) is 0 Å². The highest BCUT2D eigenvalue weighted by Gasteiger charge is 2.12. The molecule has 0 aromatic carbocycles. The molecule has 2 heterocycles. The lowest BCUT2D eigenvalue weighted by atomic mass is 9.98. The fourth-order valence-electron chi connectivity index (χ4n) is 1.96. The largest absolute Gasteiger partial charge is 0.370 e. The zero-order chi connectivity index (χ0) is 11.4. The van der Waals surface area contributed by atoms with Gasteiger partial charge >= 0.3 is 0 Å². The third-order valence-electron chi connectivity index (χ3n) is 2.86. The molecule has 0 aliphatic carbocycles. The van der Waals surface area contributed by atoms with Crippen LogP contribution in [-0.4, -0.2) is 29.6 Å². The molecule has 1 aliphatic rings. The maximum Gasteiger partial charge on any atom is 0.224 e. The Labute approximate surface area is 113 Å². The van der Waals surface area contributed by atoms with Crippen LogP contribution in [-0.2, 0) is 0 Å². The number of nitrogens with zero attached hydrogens (tertiary/aromatic N) is 2. The van der Waals surface area contributed by atoms with Gasteiger partial charge in [0.05, 0.1) is 0 Å². The van der Waals surface area contributed by atoms with Gasteiger partial charge in [-0.15, -0.1) is 12.4 Å². The number of nitrogens with one attached hydrogen (secondary N) is 2. The summed E-state index contributed by atoms with van der Waals surface area (Å²) in [7, 11) is 0. The predicted molar refractivity (Wildman–Crippen MR) is 73.1 cm³/mol. The highest BCUT2D eigenvalue weighted by molar-refractivity contribution is 6.28. The van der Waals surface area contributed by atoms with Crippen molar-refractivity contribution < 1.29 is 0 Å². The summed E-state index contributed by atoms with van der Waals surface area (Å²) < 4.78 is 0. The van der Waals surface area contributed by atoms with Crippen molar-refractivity contribution in [3.05, 3.63) is 17.0 Å². The molecule has 0 amide bonds. The molecule has 0 atom stereocenters. The lowest BCUT2D eigenvalue weighted by Gasteiger charge is -2.22. The molecule has 0 bridgehead atoms. The second kappa shape index (κ2) is 6.99. The Kier molecular flexibility index (Phi) is 5.95. The van der Waals surface area contributed by atoms with Gasteiger partial charge in [0.2, 0.25) is 5.28 Å². The molecule has 1 aromatic rings. The van der Waals surface area contributed by atoms with E-state index in [9.17, 15) is 0 Å². The highest BCUT2D eigenvalue weighted by atomic mass is 35.5. The summed E-state index contributed by atoms with van der Waals surface area (Å²) in [6.07, 6.45) is 2.45. The normalized spacial score (nSPS) is 16.4. The van der Waals surface area contributed by atoms with Gasteiger partial charge in [-0.25, -0.2) is 9.97 Å². The SMILES string of the molecule is Cc1cc(NCC2CCNCC2)nc(Cl)n1.Cl. The van der Waals surface area contributed by atoms with Crippen LogP contribution in [0.4, 0.5) is 5.82 Å². The Morgan fingerprint density at radius 2 is 2.12 bits per heavy atom. The van der Waals surface area contributed by atoms with Crippen LogP contribution >= 0.6 is 24.0 Å². The molecule has 1 saturated heterocycles. The number of hydrogen-bond acceptors (Lipinski definition) is 4. The van der Waals surface area contributed by atoms with Gasteiger partial charge in [-0.3, -0.25) is 0 Å². The number of hydrogen-bond donors (Lipinski definition) is 2. The van der Waals surface area contributed by atoms with Crippen molar-refractivity contribution in [3.63, 3.8) is 0 Å². The molecule has 0 radical (unpaired) electrons. The summed E-state index contributed by atoms with van der Waals surface area (Å²) in [5.41, 5.74) is 0.896. The fraction of sp³-hybridized carbons (Fsp3) is 0.636. The van der Waals surface area contributed by atoms with Gasteiger partial charge in [-0.2, -0.15) is 0 Å². The van der Waals surface area contributed by atoms with E-state index >= 15 is 0 Å². The van der Waals surface area contributed by atoms with Crippen LogP contribution in [0.2, 0.25) is 5.28 Å². The number of aromatic nitrogens is 2. The molecule has 1 fully saturated rings. The Hall–Kier alpha value is -0.580. The van der Waals surface area contributed by atoms with Crippen molar-refractivity contribution in [1.29, 1.82) is 0 Å². The van der Waals surface area contributed by atoms with Gasteiger partial charge in [-0.05, 0) is 50.4 Å². The lowest BCUT2D eigenvalue weighted by molar-refractivity contribution is 0.389. The Morgan fingerprint density at radius 1 is 1.41 bits per heavy atom. The summed E-state index contributed by atoms with van der Waals surface area (Å²) in [4.78, 5) is 8.18. The van der Waals surface area contributed by atoms with Gasteiger partial charge in [0.1, 0.15) is 5.82 Å². The van der Waals surface area contributed by atoms with Crippen molar-refractivity contribution in [2.75, 3.05) is 25.0 Å². The zero-order valence-corrected chi connectivity index (χ0v) is 11.4. The van der Waals surface area contributed by atoms with Gasteiger partial charge < -0.3 is 10.6 Å². The van der Waals surface area contributed by atoms with Crippen LogP contribution in [0.15, 0.2) is 6.07 Å². The van der Waals surface area contributed by atoms with E-state index < -0.39 is 0 Å². The predicted octanol–water partition coefficient (Wildman–Crippen LogP) is 2.27. The molecule has 0 unspecified atom stereocenters. The minimum atomic E-state index is 0. The third kappa shape index (κ3) is 4.66. The molecule has 6 heteroatoms. The first-order valence-corrected chi connectivity index (χ1v) is 6.07. The van der Waals surface area contributed by atoms with E-state index in [1.54, 1.807) is 0 Å². The van der Waals surface area contributed by atoms with E-state index in [2.05, 4.69) is 20.6 Å². The Bertz CT molecular complexity index is 333. The second-order valence-corrected chi connectivity index (χ2v) is 4.58. The Morgan fingerprint density at radius 3 is 2.76 bits per heavy atom. The maximum atomic E-state index is 5.80. The van der Waals surface area contributed by atoms with E-state index in [-0.39, 0.29) is 12.4 Å². The van der Waals surface area contributed by atoms with E-state index in [4.69, 9.17) is 11.6 Å². The third-order valence-corrected chi connectivity index (χ3v) is 3.03. The molecule has 0 spiro atoms. The van der Waals surface area contributed by atoms with Gasteiger partial charge in [0.15, 0.2) is 0 Å². The molecule has 1 aliphatic heterocycles. The standard InChI is InChI=1S/C11H17ClN4.ClH/c1-8-6-10(16-11(12)15-8)14-7-9-2-4-13-5-3-9;/h6,9,13H,2-5,7H2,1H3,(H,14,15,16);1H. The van der Waals surface area contributed by atoms with E-state index in [1.165, 1.54) is 12.8 Å². The van der Waals surface area contributed by atoms with Crippen LogP contribution in [0.3, 0.4) is 0 Å². The number of aryl methyl sites for hydroxylation is 1. The quantitative estimate of drug-likeness (QED) is 0.832. The van der Waals surface area contributed by atoms with Crippen molar-refractivity contribution in [3.8, 4) is 0 Å². The zero-order valence-electron chi connectivity index (χ0n) is 9.87. The van der Waals surface area contributed by atoms with Gasteiger partial charge in [-0.1, -0.05) is 0 Å². The fourth-order valence-corrected chi connectivity index (χ4v) is 2.18. The molecule has 0 saturated carbocycles. The number of piperidine rings is 1. The second-order valence-electron chi connectivity index (χ2n) is 4.24. The monoisotopic (exact) mass is 276 g/mol. The first-order valence-electron chi connectivity index (χ1n) is 5.70. The molecule has 4 nitrogen and oxygen atoms in total. The summed E-state index contributed by atoms with van der Waals surface area (Å²) in [5.74, 6) is 1.56. The molecule has 17 heavy (non-hydrogen) atoms. The molecular formula is C11H18Cl2N4. The Balaban J connectivity index is 0.00000144. The topological polar surface area (TPSA) is 49.8 Å². The molecule has 2 N–H and O–H groups in total. The number of rotatable bonds is 3. The molecule has 1 aromatic heterocycles. The van der Waals surface area contributed by atoms with Crippen molar-refractivity contribution in [2.45, 2.75) is 19.8 Å². The smallest absolute Gasteiger partial charge is 0.224 e. The van der Waals surface area contributed by atoms with Crippen LogP contribution in [0.5, 0.6) is 0 Å². The van der Waals surface area contributed by atoms with Crippen LogP contribution < -0.4 is 10.6 Å².